The first-order chi connectivity index (χ1) is 8.69. The number of hydrogen-bond donors (Lipinski definition) is 1. The second-order valence-electron chi connectivity index (χ2n) is 4.45. The van der Waals surface area contributed by atoms with E-state index in [2.05, 4.69) is 46.3 Å². The van der Waals surface area contributed by atoms with Crippen LogP contribution < -0.4 is 0 Å². The fourth-order valence-corrected chi connectivity index (χ4v) is 2.44. The van der Waals surface area contributed by atoms with Gasteiger partial charge in [-0.1, -0.05) is 51.8 Å². The molecule has 0 unspecified atom stereocenters. The molecule has 0 bridgehead atoms. The van der Waals surface area contributed by atoms with E-state index in [1.165, 1.54) is 21.6 Å². The van der Waals surface area contributed by atoms with Crippen molar-refractivity contribution in [3.63, 3.8) is 0 Å². The number of rotatable bonds is 2. The van der Waals surface area contributed by atoms with Crippen molar-refractivity contribution in [2.75, 3.05) is 13.1 Å². The second-order valence-corrected chi connectivity index (χ2v) is 5.01. The van der Waals surface area contributed by atoms with Crippen LogP contribution in [0.2, 0.25) is 0 Å². The molecule has 0 aromatic heterocycles. The number of hydrogen-bond acceptors (Lipinski definition) is 1. The van der Waals surface area contributed by atoms with Gasteiger partial charge in [-0.3, -0.25) is 0 Å². The molecule has 0 saturated carbocycles. The first-order valence-corrected chi connectivity index (χ1v) is 7.13. The second kappa shape index (κ2) is 6.05. The average molecular weight is 310 g/mol. The molecule has 0 aliphatic carbocycles. The molecule has 1 aromatic rings. The van der Waals surface area contributed by atoms with E-state index in [1.54, 1.807) is 0 Å². The first kappa shape index (κ1) is 13.1. The minimum atomic E-state index is -0.810. The highest BCUT2D eigenvalue weighted by atomic mass is 79.9. The van der Waals surface area contributed by atoms with Gasteiger partial charge in [0.15, 0.2) is 0 Å². The third-order valence-electron chi connectivity index (χ3n) is 3.18. The molecule has 1 aliphatic heterocycles. The van der Waals surface area contributed by atoms with Gasteiger partial charge in [0.2, 0.25) is 0 Å². The van der Waals surface area contributed by atoms with E-state index in [9.17, 15) is 4.79 Å². The van der Waals surface area contributed by atoms with Crippen molar-refractivity contribution >= 4 is 28.1 Å². The summed E-state index contributed by atoms with van der Waals surface area (Å²) in [5, 5.41) is 9.75. The highest BCUT2D eigenvalue weighted by Crippen LogP contribution is 2.20. The molecular formula is C14H16BrNO2. The Morgan fingerprint density at radius 2 is 1.89 bits per heavy atom. The van der Waals surface area contributed by atoms with Gasteiger partial charge in [0.05, 0.1) is 0 Å². The Kier molecular flexibility index (Phi) is 4.42. The lowest BCUT2D eigenvalue weighted by molar-refractivity contribution is 0.142. The molecule has 1 saturated heterocycles. The number of piperidine rings is 1. The Bertz CT molecular complexity index is 443. The number of nitrogens with zero attached hydrogens (tertiary/aromatic N) is 1. The van der Waals surface area contributed by atoms with E-state index in [1.807, 2.05) is 0 Å². The zero-order chi connectivity index (χ0) is 13.0. The summed E-state index contributed by atoms with van der Waals surface area (Å²) in [5.41, 5.74) is 3.79. The standard InChI is InChI=1S/C14H16BrNO2/c15-10-13-3-1-11(2-4-13)9-12-5-7-16(8-6-12)14(17)18/h1-4,9H,5-8,10H2,(H,17,18). The molecule has 1 amide bonds. The van der Waals surface area contributed by atoms with Crippen LogP contribution in [-0.2, 0) is 5.33 Å². The van der Waals surface area contributed by atoms with Crippen molar-refractivity contribution in [3.05, 3.63) is 41.0 Å². The number of alkyl halides is 1. The molecule has 1 N–H and O–H groups in total. The third kappa shape index (κ3) is 3.35. The molecule has 1 fully saturated rings. The van der Waals surface area contributed by atoms with Crippen LogP contribution >= 0.6 is 15.9 Å². The number of benzene rings is 1. The topological polar surface area (TPSA) is 40.5 Å². The van der Waals surface area contributed by atoms with E-state index in [0.717, 1.165) is 18.2 Å². The van der Waals surface area contributed by atoms with Gasteiger partial charge in [0.1, 0.15) is 0 Å². The van der Waals surface area contributed by atoms with Gasteiger partial charge in [-0.2, -0.15) is 0 Å². The predicted molar refractivity (Wildman–Crippen MR) is 75.9 cm³/mol. The van der Waals surface area contributed by atoms with Crippen LogP contribution in [0.25, 0.3) is 6.08 Å². The summed E-state index contributed by atoms with van der Waals surface area (Å²) in [6, 6.07) is 8.42. The van der Waals surface area contributed by atoms with Crippen molar-refractivity contribution in [2.24, 2.45) is 0 Å². The van der Waals surface area contributed by atoms with Crippen LogP contribution in [0.15, 0.2) is 29.8 Å². The summed E-state index contributed by atoms with van der Waals surface area (Å²) in [5.74, 6) is 0. The fraction of sp³-hybridized carbons (Fsp3) is 0.357. The first-order valence-electron chi connectivity index (χ1n) is 6.01. The Morgan fingerprint density at radius 1 is 1.28 bits per heavy atom. The number of amides is 1. The van der Waals surface area contributed by atoms with E-state index >= 15 is 0 Å². The van der Waals surface area contributed by atoms with Crippen molar-refractivity contribution in [2.45, 2.75) is 18.2 Å². The molecule has 0 spiro atoms. The maximum Gasteiger partial charge on any atom is 0.407 e. The van der Waals surface area contributed by atoms with Crippen LogP contribution in [0.3, 0.4) is 0 Å². The molecule has 4 heteroatoms. The van der Waals surface area contributed by atoms with Gasteiger partial charge in [-0.15, -0.1) is 0 Å². The zero-order valence-corrected chi connectivity index (χ0v) is 11.7. The fourth-order valence-electron chi connectivity index (χ4n) is 2.07. The van der Waals surface area contributed by atoms with E-state index in [4.69, 9.17) is 5.11 Å². The van der Waals surface area contributed by atoms with Crippen LogP contribution in [0, 0.1) is 0 Å². The largest absolute Gasteiger partial charge is 0.465 e. The van der Waals surface area contributed by atoms with Gasteiger partial charge in [0, 0.05) is 18.4 Å². The van der Waals surface area contributed by atoms with Gasteiger partial charge in [0.25, 0.3) is 0 Å². The van der Waals surface area contributed by atoms with Crippen molar-refractivity contribution < 1.29 is 9.90 Å². The van der Waals surface area contributed by atoms with Crippen LogP contribution in [0.5, 0.6) is 0 Å². The maximum atomic E-state index is 10.8. The van der Waals surface area contributed by atoms with Crippen LogP contribution in [0.1, 0.15) is 24.0 Å². The molecule has 0 atom stereocenters. The molecule has 96 valence electrons. The average Bonchev–Trinajstić information content (AvgIpc) is 2.40. The lowest BCUT2D eigenvalue weighted by Crippen LogP contribution is -2.35. The summed E-state index contributed by atoms with van der Waals surface area (Å²) in [4.78, 5) is 12.3. The van der Waals surface area contributed by atoms with Gasteiger partial charge in [-0.25, -0.2) is 4.79 Å². The zero-order valence-electron chi connectivity index (χ0n) is 10.1. The summed E-state index contributed by atoms with van der Waals surface area (Å²) in [7, 11) is 0. The molecular weight excluding hydrogens is 294 g/mol. The van der Waals surface area contributed by atoms with E-state index < -0.39 is 6.09 Å². The molecule has 1 heterocycles. The SMILES string of the molecule is O=C(O)N1CCC(=Cc2ccc(CBr)cc2)CC1. The Labute approximate surface area is 115 Å². The highest BCUT2D eigenvalue weighted by Gasteiger charge is 2.17. The minimum Gasteiger partial charge on any atom is -0.465 e. The molecule has 0 radical (unpaired) electrons. The highest BCUT2D eigenvalue weighted by molar-refractivity contribution is 9.08. The summed E-state index contributed by atoms with van der Waals surface area (Å²) >= 11 is 3.42. The van der Waals surface area contributed by atoms with E-state index in [0.29, 0.717) is 13.1 Å². The molecule has 3 nitrogen and oxygen atoms in total. The lowest BCUT2D eigenvalue weighted by Gasteiger charge is -2.25. The van der Waals surface area contributed by atoms with E-state index in [-0.39, 0.29) is 0 Å². The van der Waals surface area contributed by atoms with Crippen molar-refractivity contribution in [1.82, 2.24) is 4.90 Å². The normalized spacial score (nSPS) is 15.6. The van der Waals surface area contributed by atoms with Crippen LogP contribution in [0.4, 0.5) is 4.79 Å². The minimum absolute atomic E-state index is 0.612. The Hall–Kier alpha value is -1.29. The summed E-state index contributed by atoms with van der Waals surface area (Å²) in [6.07, 6.45) is 3.05. The monoisotopic (exact) mass is 309 g/mol. The number of halogens is 1. The van der Waals surface area contributed by atoms with Gasteiger partial charge >= 0.3 is 6.09 Å². The van der Waals surface area contributed by atoms with Crippen molar-refractivity contribution in [3.8, 4) is 0 Å². The predicted octanol–water partition coefficient (Wildman–Crippen LogP) is 3.74. The van der Waals surface area contributed by atoms with Gasteiger partial charge < -0.3 is 10.0 Å². The molecule has 2 rings (SSSR count). The molecule has 1 aliphatic rings. The Balaban J connectivity index is 1.99. The Morgan fingerprint density at radius 3 is 2.39 bits per heavy atom. The van der Waals surface area contributed by atoms with Gasteiger partial charge in [-0.05, 0) is 24.0 Å². The lowest BCUT2D eigenvalue weighted by atomic mass is 10.0. The molecule has 18 heavy (non-hydrogen) atoms. The summed E-state index contributed by atoms with van der Waals surface area (Å²) in [6.45, 7) is 1.22. The quantitative estimate of drug-likeness (QED) is 0.845. The number of carboxylic acid groups (broad SMARTS) is 1. The third-order valence-corrected chi connectivity index (χ3v) is 3.83. The maximum absolute atomic E-state index is 10.8. The van der Waals surface area contributed by atoms with Crippen molar-refractivity contribution in [1.29, 1.82) is 0 Å². The number of likely N-dealkylation sites (tertiary alicyclic amines) is 1. The summed E-state index contributed by atoms with van der Waals surface area (Å²) < 4.78 is 0. The smallest absolute Gasteiger partial charge is 0.407 e. The van der Waals surface area contributed by atoms with Crippen LogP contribution in [-0.4, -0.2) is 29.2 Å². The number of carbonyl (C=O) groups is 1. The molecule has 1 aromatic carbocycles.